The van der Waals surface area contributed by atoms with Gasteiger partial charge in [0.2, 0.25) is 0 Å². The predicted octanol–water partition coefficient (Wildman–Crippen LogP) is 3.34. The summed E-state index contributed by atoms with van der Waals surface area (Å²) in [4.78, 5) is 0. The van der Waals surface area contributed by atoms with E-state index in [0.29, 0.717) is 5.56 Å². The first kappa shape index (κ1) is 13.4. The van der Waals surface area contributed by atoms with Gasteiger partial charge in [-0.2, -0.15) is 5.26 Å². The van der Waals surface area contributed by atoms with Gasteiger partial charge in [-0.05, 0) is 29.3 Å². The van der Waals surface area contributed by atoms with Crippen molar-refractivity contribution in [2.24, 2.45) is 7.05 Å². The molecule has 1 N–H and O–H groups in total. The minimum atomic E-state index is 0.708. The van der Waals surface area contributed by atoms with Crippen molar-refractivity contribution in [3.8, 4) is 6.07 Å². The van der Waals surface area contributed by atoms with E-state index in [2.05, 4.69) is 53.5 Å². The van der Waals surface area contributed by atoms with Gasteiger partial charge in [-0.1, -0.05) is 30.3 Å². The highest BCUT2D eigenvalue weighted by Crippen LogP contribution is 2.20. The molecule has 21 heavy (non-hydrogen) atoms. The second-order valence-corrected chi connectivity index (χ2v) is 5.20. The largest absolute Gasteiger partial charge is 0.350 e. The summed E-state index contributed by atoms with van der Waals surface area (Å²) in [5, 5.41) is 13.7. The third kappa shape index (κ3) is 2.81. The summed E-state index contributed by atoms with van der Waals surface area (Å²) in [7, 11) is 2.07. The Hall–Kier alpha value is -2.57. The Labute approximate surface area is 124 Å². The number of nitriles is 1. The molecule has 2 aromatic carbocycles. The fourth-order valence-electron chi connectivity index (χ4n) is 2.66. The van der Waals surface area contributed by atoms with Gasteiger partial charge in [0.05, 0.1) is 11.6 Å². The molecular formula is C18H17N3. The highest BCUT2D eigenvalue weighted by Gasteiger charge is 2.05. The molecule has 3 rings (SSSR count). The molecule has 0 saturated carbocycles. The number of nitrogens with one attached hydrogen (secondary N) is 1. The molecular weight excluding hydrogens is 258 g/mol. The summed E-state index contributed by atoms with van der Waals surface area (Å²) in [5.41, 5.74) is 4.39. The molecule has 0 radical (unpaired) electrons. The van der Waals surface area contributed by atoms with Crippen molar-refractivity contribution in [3.63, 3.8) is 0 Å². The lowest BCUT2D eigenvalue weighted by molar-refractivity contribution is 0.694. The predicted molar refractivity (Wildman–Crippen MR) is 84.6 cm³/mol. The molecule has 1 aromatic heterocycles. The summed E-state index contributed by atoms with van der Waals surface area (Å²) in [6.07, 6.45) is 2.17. The first-order chi connectivity index (χ1) is 10.3. The van der Waals surface area contributed by atoms with Gasteiger partial charge in [0.25, 0.3) is 0 Å². The first-order valence-corrected chi connectivity index (χ1v) is 7.00. The van der Waals surface area contributed by atoms with Crippen molar-refractivity contribution in [2.75, 3.05) is 0 Å². The third-order valence-corrected chi connectivity index (χ3v) is 3.68. The minimum Gasteiger partial charge on any atom is -0.350 e. The van der Waals surface area contributed by atoms with Crippen LogP contribution >= 0.6 is 0 Å². The van der Waals surface area contributed by atoms with Crippen LogP contribution in [0.4, 0.5) is 0 Å². The zero-order valence-electron chi connectivity index (χ0n) is 12.0. The summed E-state index contributed by atoms with van der Waals surface area (Å²) >= 11 is 0. The van der Waals surface area contributed by atoms with E-state index in [0.717, 1.165) is 18.7 Å². The van der Waals surface area contributed by atoms with Gasteiger partial charge >= 0.3 is 0 Å². The second kappa shape index (κ2) is 5.82. The van der Waals surface area contributed by atoms with E-state index in [1.165, 1.54) is 16.5 Å². The van der Waals surface area contributed by atoms with Crippen molar-refractivity contribution in [3.05, 3.63) is 71.4 Å². The molecule has 0 aliphatic rings. The van der Waals surface area contributed by atoms with Crippen LogP contribution in [0.25, 0.3) is 10.9 Å². The Kier molecular flexibility index (Phi) is 3.72. The van der Waals surface area contributed by atoms with Gasteiger partial charge in [0, 0.05) is 37.2 Å². The molecule has 3 aromatic rings. The lowest BCUT2D eigenvalue weighted by Crippen LogP contribution is -2.12. The Morgan fingerprint density at radius 1 is 1.10 bits per heavy atom. The molecule has 0 unspecified atom stereocenters. The van der Waals surface area contributed by atoms with Gasteiger partial charge < -0.3 is 9.88 Å². The summed E-state index contributed by atoms with van der Waals surface area (Å²) < 4.78 is 2.16. The van der Waals surface area contributed by atoms with Crippen molar-refractivity contribution in [1.82, 2.24) is 9.88 Å². The van der Waals surface area contributed by atoms with Crippen LogP contribution in [0.2, 0.25) is 0 Å². The monoisotopic (exact) mass is 275 g/mol. The highest BCUT2D eigenvalue weighted by molar-refractivity contribution is 5.83. The van der Waals surface area contributed by atoms with E-state index >= 15 is 0 Å². The number of nitrogens with zero attached hydrogens (tertiary/aromatic N) is 2. The third-order valence-electron chi connectivity index (χ3n) is 3.68. The van der Waals surface area contributed by atoms with E-state index < -0.39 is 0 Å². The Morgan fingerprint density at radius 2 is 1.95 bits per heavy atom. The van der Waals surface area contributed by atoms with Crippen LogP contribution in [-0.2, 0) is 20.1 Å². The molecule has 0 aliphatic carbocycles. The topological polar surface area (TPSA) is 40.8 Å². The molecule has 0 bridgehead atoms. The van der Waals surface area contributed by atoms with Crippen LogP contribution in [0, 0.1) is 11.3 Å². The van der Waals surface area contributed by atoms with Crippen molar-refractivity contribution in [2.45, 2.75) is 13.1 Å². The fraction of sp³-hybridized carbons (Fsp3) is 0.167. The van der Waals surface area contributed by atoms with Crippen LogP contribution in [-0.4, -0.2) is 4.57 Å². The summed E-state index contributed by atoms with van der Waals surface area (Å²) in [6, 6.07) is 18.3. The maximum Gasteiger partial charge on any atom is 0.0991 e. The number of para-hydroxylation sites is 1. The number of hydrogen-bond donors (Lipinski definition) is 1. The smallest absolute Gasteiger partial charge is 0.0991 e. The zero-order valence-corrected chi connectivity index (χ0v) is 12.0. The summed E-state index contributed by atoms with van der Waals surface area (Å²) in [6.45, 7) is 1.58. The quantitative estimate of drug-likeness (QED) is 0.793. The van der Waals surface area contributed by atoms with Gasteiger partial charge in [-0.3, -0.25) is 0 Å². The minimum absolute atomic E-state index is 0.708. The van der Waals surface area contributed by atoms with E-state index in [4.69, 9.17) is 5.26 Å². The molecule has 0 fully saturated rings. The molecule has 3 nitrogen and oxygen atoms in total. The van der Waals surface area contributed by atoms with Gasteiger partial charge in [0.1, 0.15) is 0 Å². The fourth-order valence-corrected chi connectivity index (χ4v) is 2.66. The second-order valence-electron chi connectivity index (χ2n) is 5.20. The molecule has 104 valence electrons. The lowest BCUT2D eigenvalue weighted by atomic mass is 10.1. The van der Waals surface area contributed by atoms with Crippen molar-refractivity contribution < 1.29 is 0 Å². The number of fused-ring (bicyclic) bond motifs is 1. The number of hydrogen-bond acceptors (Lipinski definition) is 2. The maximum absolute atomic E-state index is 8.91. The van der Waals surface area contributed by atoms with E-state index in [1.54, 1.807) is 0 Å². The molecule has 0 aliphatic heterocycles. The highest BCUT2D eigenvalue weighted by atomic mass is 14.9. The molecule has 1 heterocycles. The number of aryl methyl sites for hydroxylation is 1. The van der Waals surface area contributed by atoms with E-state index in [-0.39, 0.29) is 0 Å². The zero-order chi connectivity index (χ0) is 14.7. The van der Waals surface area contributed by atoms with Crippen molar-refractivity contribution >= 4 is 10.9 Å². The van der Waals surface area contributed by atoms with E-state index in [1.807, 2.05) is 24.3 Å². The molecule has 0 amide bonds. The van der Waals surface area contributed by atoms with Crippen LogP contribution < -0.4 is 5.32 Å². The average Bonchev–Trinajstić information content (AvgIpc) is 2.85. The van der Waals surface area contributed by atoms with Gasteiger partial charge in [-0.25, -0.2) is 0 Å². The number of benzene rings is 2. The molecule has 0 atom stereocenters. The number of rotatable bonds is 4. The van der Waals surface area contributed by atoms with Crippen LogP contribution in [0.5, 0.6) is 0 Å². The molecule has 0 saturated heterocycles. The Morgan fingerprint density at radius 3 is 2.81 bits per heavy atom. The van der Waals surface area contributed by atoms with E-state index in [9.17, 15) is 0 Å². The number of aromatic nitrogens is 1. The molecule has 3 heteroatoms. The van der Waals surface area contributed by atoms with Crippen LogP contribution in [0.1, 0.15) is 16.7 Å². The van der Waals surface area contributed by atoms with Gasteiger partial charge in [0.15, 0.2) is 0 Å². The first-order valence-electron chi connectivity index (χ1n) is 7.00. The Bertz CT molecular complexity index is 809. The molecule has 0 spiro atoms. The maximum atomic E-state index is 8.91. The van der Waals surface area contributed by atoms with Crippen LogP contribution in [0.15, 0.2) is 54.7 Å². The van der Waals surface area contributed by atoms with Crippen LogP contribution in [0.3, 0.4) is 0 Å². The SMILES string of the molecule is Cn1cc(CNCc2cccc(C#N)c2)c2ccccc21. The lowest BCUT2D eigenvalue weighted by Gasteiger charge is -2.04. The average molecular weight is 275 g/mol. The normalized spacial score (nSPS) is 10.7. The Balaban J connectivity index is 1.71. The summed E-state index contributed by atoms with van der Waals surface area (Å²) in [5.74, 6) is 0. The van der Waals surface area contributed by atoms with Crippen molar-refractivity contribution in [1.29, 1.82) is 5.26 Å². The van der Waals surface area contributed by atoms with Gasteiger partial charge in [-0.15, -0.1) is 0 Å². The standard InChI is InChI=1S/C18H17N3/c1-21-13-16(17-7-2-3-8-18(17)21)12-20-11-15-6-4-5-14(9-15)10-19/h2-9,13,20H,11-12H2,1H3.